The molecule has 0 unspecified atom stereocenters. The maximum Gasteiger partial charge on any atom is 0.141 e. The lowest BCUT2D eigenvalue weighted by atomic mass is 9.91. The molecule has 6 aromatic carbocycles. The van der Waals surface area contributed by atoms with Crippen molar-refractivity contribution in [3.8, 4) is 33.6 Å². The van der Waals surface area contributed by atoms with Crippen LogP contribution >= 0.6 is 0 Å². The first-order valence-corrected chi connectivity index (χ1v) is 12.9. The Labute approximate surface area is 216 Å². The molecule has 37 heavy (non-hydrogen) atoms. The van der Waals surface area contributed by atoms with Gasteiger partial charge in [0, 0.05) is 12.1 Å². The van der Waals surface area contributed by atoms with Crippen LogP contribution in [-0.4, -0.2) is 9.55 Å². The Morgan fingerprint density at radius 1 is 0.541 bits per heavy atom. The van der Waals surface area contributed by atoms with E-state index in [0.29, 0.717) is 0 Å². The monoisotopic (exact) mass is 474 g/mol. The molecule has 0 N–H and O–H groups in total. The average Bonchev–Trinajstić information content (AvgIpc) is 3.35. The molecular formula is C35H26N2. The number of fused-ring (bicyclic) bond motifs is 4. The van der Waals surface area contributed by atoms with Crippen molar-refractivity contribution in [2.45, 2.75) is 13.5 Å². The molecule has 7 rings (SSSR count). The molecule has 7 aromatic rings. The number of imidazole rings is 1. The van der Waals surface area contributed by atoms with Gasteiger partial charge in [0.1, 0.15) is 5.82 Å². The quantitative estimate of drug-likeness (QED) is 0.232. The lowest BCUT2D eigenvalue weighted by Crippen LogP contribution is -1.97. The maximum atomic E-state index is 5.06. The third-order valence-electron chi connectivity index (χ3n) is 7.38. The van der Waals surface area contributed by atoms with Gasteiger partial charge in [-0.05, 0) is 75.0 Å². The summed E-state index contributed by atoms with van der Waals surface area (Å²) < 4.78 is 2.30. The molecule has 0 bridgehead atoms. The second-order valence-electron chi connectivity index (χ2n) is 9.52. The van der Waals surface area contributed by atoms with Crippen LogP contribution in [0.3, 0.4) is 0 Å². The molecule has 2 heteroatoms. The number of rotatable bonds is 4. The van der Waals surface area contributed by atoms with Crippen molar-refractivity contribution in [2.75, 3.05) is 0 Å². The number of aryl methyl sites for hydroxylation is 1. The minimum atomic E-state index is 0.881. The minimum absolute atomic E-state index is 0.881. The topological polar surface area (TPSA) is 17.8 Å². The second-order valence-corrected chi connectivity index (χ2v) is 9.52. The number of aromatic nitrogens is 2. The second kappa shape index (κ2) is 8.76. The SMILES string of the molecule is CCn1c(-c2ccccc2)nc2cc(-c3ccc4cc(-c5ccccc5)c5ccccc5c4c3)ccc21. The molecule has 0 saturated heterocycles. The molecule has 1 heterocycles. The molecule has 0 aliphatic rings. The van der Waals surface area contributed by atoms with Gasteiger partial charge in [-0.3, -0.25) is 0 Å². The van der Waals surface area contributed by atoms with Crippen LogP contribution in [0.5, 0.6) is 0 Å². The molecule has 0 aliphatic heterocycles. The standard InChI is InChI=1S/C35H26N2/c1-2-37-34-20-19-27(23-33(34)36-35(37)25-13-7-4-8-14-25)26-17-18-28-22-31(24-11-5-3-6-12-24)29-15-9-10-16-30(29)32(28)21-26/h3-23H,2H2,1H3. The van der Waals surface area contributed by atoms with Crippen molar-refractivity contribution in [3.63, 3.8) is 0 Å². The molecular weight excluding hydrogens is 448 g/mol. The van der Waals surface area contributed by atoms with Gasteiger partial charge >= 0.3 is 0 Å². The summed E-state index contributed by atoms with van der Waals surface area (Å²) in [6.07, 6.45) is 0. The van der Waals surface area contributed by atoms with Crippen LogP contribution in [0.2, 0.25) is 0 Å². The summed E-state index contributed by atoms with van der Waals surface area (Å²) in [6, 6.07) is 45.7. The van der Waals surface area contributed by atoms with E-state index in [1.165, 1.54) is 49.3 Å². The third kappa shape index (κ3) is 3.61. The average molecular weight is 475 g/mol. The van der Waals surface area contributed by atoms with Gasteiger partial charge in [0.15, 0.2) is 0 Å². The van der Waals surface area contributed by atoms with Gasteiger partial charge in [-0.15, -0.1) is 0 Å². The summed E-state index contributed by atoms with van der Waals surface area (Å²) in [5.41, 5.74) is 8.26. The van der Waals surface area contributed by atoms with Crippen molar-refractivity contribution < 1.29 is 0 Å². The van der Waals surface area contributed by atoms with Crippen molar-refractivity contribution in [3.05, 3.63) is 127 Å². The summed E-state index contributed by atoms with van der Waals surface area (Å²) in [7, 11) is 0. The largest absolute Gasteiger partial charge is 0.324 e. The molecule has 176 valence electrons. The molecule has 1 aromatic heterocycles. The Balaban J connectivity index is 1.39. The minimum Gasteiger partial charge on any atom is -0.324 e. The Kier molecular flexibility index (Phi) is 5.11. The van der Waals surface area contributed by atoms with E-state index >= 15 is 0 Å². The normalized spacial score (nSPS) is 11.5. The van der Waals surface area contributed by atoms with Crippen LogP contribution in [0.4, 0.5) is 0 Å². The fourth-order valence-corrected chi connectivity index (χ4v) is 5.57. The predicted molar refractivity (Wildman–Crippen MR) is 157 cm³/mol. The zero-order chi connectivity index (χ0) is 24.8. The van der Waals surface area contributed by atoms with E-state index in [0.717, 1.165) is 23.4 Å². The molecule has 0 atom stereocenters. The first-order chi connectivity index (χ1) is 18.3. The lowest BCUT2D eigenvalue weighted by molar-refractivity contribution is 0.796. The highest BCUT2D eigenvalue weighted by atomic mass is 15.1. The predicted octanol–water partition coefficient (Wildman–Crippen LogP) is 9.36. The zero-order valence-electron chi connectivity index (χ0n) is 20.7. The van der Waals surface area contributed by atoms with Crippen LogP contribution in [0.25, 0.3) is 66.2 Å². The Morgan fingerprint density at radius 2 is 1.19 bits per heavy atom. The van der Waals surface area contributed by atoms with Crippen LogP contribution in [0, 0.1) is 0 Å². The molecule has 0 radical (unpaired) electrons. The lowest BCUT2D eigenvalue weighted by Gasteiger charge is -2.12. The molecule has 0 fully saturated rings. The van der Waals surface area contributed by atoms with Crippen LogP contribution in [-0.2, 0) is 6.54 Å². The van der Waals surface area contributed by atoms with Crippen molar-refractivity contribution in [2.24, 2.45) is 0 Å². The number of benzene rings is 6. The van der Waals surface area contributed by atoms with Gasteiger partial charge in [0.05, 0.1) is 11.0 Å². The van der Waals surface area contributed by atoms with Crippen molar-refractivity contribution in [1.29, 1.82) is 0 Å². The van der Waals surface area contributed by atoms with E-state index in [4.69, 9.17) is 4.98 Å². The maximum absolute atomic E-state index is 5.06. The van der Waals surface area contributed by atoms with E-state index in [2.05, 4.69) is 133 Å². The third-order valence-corrected chi connectivity index (χ3v) is 7.38. The first-order valence-electron chi connectivity index (χ1n) is 12.9. The number of hydrogen-bond donors (Lipinski definition) is 0. The summed E-state index contributed by atoms with van der Waals surface area (Å²) >= 11 is 0. The summed E-state index contributed by atoms with van der Waals surface area (Å²) in [5.74, 6) is 1.02. The van der Waals surface area contributed by atoms with E-state index < -0.39 is 0 Å². The zero-order valence-corrected chi connectivity index (χ0v) is 20.7. The highest BCUT2D eigenvalue weighted by Crippen LogP contribution is 2.37. The summed E-state index contributed by atoms with van der Waals surface area (Å²) in [5, 5.41) is 5.09. The first kappa shape index (κ1) is 21.6. The van der Waals surface area contributed by atoms with Gasteiger partial charge < -0.3 is 4.57 Å². The van der Waals surface area contributed by atoms with E-state index in [-0.39, 0.29) is 0 Å². The van der Waals surface area contributed by atoms with Crippen LogP contribution in [0.1, 0.15) is 6.92 Å². The van der Waals surface area contributed by atoms with E-state index in [1.54, 1.807) is 0 Å². The van der Waals surface area contributed by atoms with Crippen molar-refractivity contribution in [1.82, 2.24) is 9.55 Å². The van der Waals surface area contributed by atoms with Gasteiger partial charge in [0.25, 0.3) is 0 Å². The van der Waals surface area contributed by atoms with Gasteiger partial charge in [-0.1, -0.05) is 103 Å². The van der Waals surface area contributed by atoms with E-state index in [9.17, 15) is 0 Å². The van der Waals surface area contributed by atoms with Gasteiger partial charge in [-0.2, -0.15) is 0 Å². The summed E-state index contributed by atoms with van der Waals surface area (Å²) in [6.45, 7) is 3.06. The van der Waals surface area contributed by atoms with Crippen LogP contribution in [0.15, 0.2) is 127 Å². The molecule has 0 spiro atoms. The Hall–Kier alpha value is -4.69. The fraction of sp³-hybridized carbons (Fsp3) is 0.0571. The summed E-state index contributed by atoms with van der Waals surface area (Å²) in [4.78, 5) is 5.06. The van der Waals surface area contributed by atoms with E-state index in [1.807, 2.05) is 6.07 Å². The smallest absolute Gasteiger partial charge is 0.141 e. The molecule has 0 saturated carbocycles. The Bertz CT molecular complexity index is 1900. The molecule has 0 amide bonds. The number of nitrogens with zero attached hydrogens (tertiary/aromatic N) is 2. The highest BCUT2D eigenvalue weighted by Gasteiger charge is 2.14. The molecule has 0 aliphatic carbocycles. The van der Waals surface area contributed by atoms with Gasteiger partial charge in [0.2, 0.25) is 0 Å². The highest BCUT2D eigenvalue weighted by molar-refractivity contribution is 6.14. The van der Waals surface area contributed by atoms with Crippen LogP contribution < -0.4 is 0 Å². The van der Waals surface area contributed by atoms with Crippen molar-refractivity contribution >= 4 is 32.6 Å². The fourth-order valence-electron chi connectivity index (χ4n) is 5.57. The number of hydrogen-bond acceptors (Lipinski definition) is 1. The van der Waals surface area contributed by atoms with Gasteiger partial charge in [-0.25, -0.2) is 4.98 Å². The Morgan fingerprint density at radius 3 is 1.95 bits per heavy atom. The molecule has 2 nitrogen and oxygen atoms in total.